The van der Waals surface area contributed by atoms with E-state index in [0.29, 0.717) is 30.7 Å². The zero-order valence-corrected chi connectivity index (χ0v) is 10.4. The summed E-state index contributed by atoms with van der Waals surface area (Å²) in [5, 5.41) is 6.75. The first kappa shape index (κ1) is 11.4. The third kappa shape index (κ3) is 2.97. The Morgan fingerprint density at radius 1 is 0.944 bits per heavy atom. The van der Waals surface area contributed by atoms with Crippen LogP contribution in [0.2, 0.25) is 0 Å². The molecular formula is C13H18N4O. The first-order valence-electron chi connectivity index (χ1n) is 6.66. The Labute approximate surface area is 106 Å². The third-order valence-corrected chi connectivity index (χ3v) is 3.49. The summed E-state index contributed by atoms with van der Waals surface area (Å²) in [5.41, 5.74) is 0. The second-order valence-corrected chi connectivity index (χ2v) is 5.16. The lowest BCUT2D eigenvalue weighted by Gasteiger charge is -2.22. The molecule has 0 amide bonds. The Balaban J connectivity index is 1.59. The van der Waals surface area contributed by atoms with E-state index in [4.69, 9.17) is 0 Å². The molecule has 1 heterocycles. The number of ketones is 1. The van der Waals surface area contributed by atoms with Gasteiger partial charge in [0, 0.05) is 31.0 Å². The Hall–Kier alpha value is -1.65. The zero-order chi connectivity index (χ0) is 12.4. The fourth-order valence-electron chi connectivity index (χ4n) is 2.25. The van der Waals surface area contributed by atoms with Gasteiger partial charge in [-0.1, -0.05) is 0 Å². The number of anilines is 2. The molecule has 2 aliphatic carbocycles. The molecule has 2 fully saturated rings. The molecule has 5 nitrogen and oxygen atoms in total. The van der Waals surface area contributed by atoms with E-state index in [9.17, 15) is 4.79 Å². The van der Waals surface area contributed by atoms with Crippen LogP contribution in [0.3, 0.4) is 0 Å². The van der Waals surface area contributed by atoms with Gasteiger partial charge in [0.25, 0.3) is 0 Å². The number of nitrogens with one attached hydrogen (secondary N) is 2. The van der Waals surface area contributed by atoms with E-state index in [1.165, 1.54) is 12.8 Å². The lowest BCUT2D eigenvalue weighted by molar-refractivity contribution is -0.120. The van der Waals surface area contributed by atoms with Crippen LogP contribution in [0, 0.1) is 0 Å². The van der Waals surface area contributed by atoms with Crippen molar-refractivity contribution >= 4 is 17.4 Å². The van der Waals surface area contributed by atoms with E-state index in [-0.39, 0.29) is 0 Å². The van der Waals surface area contributed by atoms with Crippen molar-refractivity contribution in [3.63, 3.8) is 0 Å². The quantitative estimate of drug-likeness (QED) is 0.850. The van der Waals surface area contributed by atoms with Crippen molar-refractivity contribution in [1.82, 2.24) is 9.97 Å². The van der Waals surface area contributed by atoms with E-state index < -0.39 is 0 Å². The highest BCUT2D eigenvalue weighted by Crippen LogP contribution is 2.25. The Morgan fingerprint density at radius 3 is 2.06 bits per heavy atom. The maximum absolute atomic E-state index is 11.2. The molecule has 3 rings (SSSR count). The van der Waals surface area contributed by atoms with Crippen molar-refractivity contribution in [3.05, 3.63) is 12.4 Å². The van der Waals surface area contributed by atoms with Gasteiger partial charge in [-0.15, -0.1) is 0 Å². The standard InChI is InChI=1S/C13H18N4O/c18-11-5-3-10(4-6-11)17-13-7-12(14-8-15-13)16-9-1-2-9/h7-10H,1-6H2,(H2,14,15,16,17). The van der Waals surface area contributed by atoms with Gasteiger partial charge in [-0.3, -0.25) is 4.79 Å². The van der Waals surface area contributed by atoms with Gasteiger partial charge in [0.1, 0.15) is 23.7 Å². The molecule has 0 aromatic carbocycles. The molecular weight excluding hydrogens is 228 g/mol. The van der Waals surface area contributed by atoms with Crippen LogP contribution in [0.25, 0.3) is 0 Å². The van der Waals surface area contributed by atoms with Gasteiger partial charge in [0.05, 0.1) is 0 Å². The van der Waals surface area contributed by atoms with Crippen molar-refractivity contribution in [2.24, 2.45) is 0 Å². The normalized spacial score (nSPS) is 20.8. The molecule has 1 aromatic rings. The summed E-state index contributed by atoms with van der Waals surface area (Å²) in [6.07, 6.45) is 7.25. The van der Waals surface area contributed by atoms with Crippen molar-refractivity contribution in [2.75, 3.05) is 10.6 Å². The van der Waals surface area contributed by atoms with Crippen molar-refractivity contribution in [1.29, 1.82) is 0 Å². The van der Waals surface area contributed by atoms with Gasteiger partial charge in [-0.25, -0.2) is 9.97 Å². The molecule has 2 saturated carbocycles. The Bertz CT molecular complexity index is 434. The summed E-state index contributed by atoms with van der Waals surface area (Å²) >= 11 is 0. The lowest BCUT2D eigenvalue weighted by Crippen LogP contribution is -2.26. The van der Waals surface area contributed by atoms with Crippen LogP contribution in [0.15, 0.2) is 12.4 Å². The Morgan fingerprint density at radius 2 is 1.50 bits per heavy atom. The van der Waals surface area contributed by atoms with Gasteiger partial charge >= 0.3 is 0 Å². The molecule has 2 N–H and O–H groups in total. The summed E-state index contributed by atoms with van der Waals surface area (Å²) in [6.45, 7) is 0. The smallest absolute Gasteiger partial charge is 0.133 e. The van der Waals surface area contributed by atoms with Gasteiger partial charge in [-0.2, -0.15) is 0 Å². The number of carbonyl (C=O) groups is 1. The number of hydrogen-bond donors (Lipinski definition) is 2. The minimum absolute atomic E-state index is 0.367. The predicted molar refractivity (Wildman–Crippen MR) is 69.6 cm³/mol. The summed E-state index contributed by atoms with van der Waals surface area (Å²) in [4.78, 5) is 19.6. The van der Waals surface area contributed by atoms with Crippen LogP contribution in [-0.4, -0.2) is 27.8 Å². The maximum atomic E-state index is 11.2. The molecule has 5 heteroatoms. The topological polar surface area (TPSA) is 66.9 Å². The minimum Gasteiger partial charge on any atom is -0.367 e. The van der Waals surface area contributed by atoms with Crippen LogP contribution in [-0.2, 0) is 4.79 Å². The molecule has 0 saturated heterocycles. The van der Waals surface area contributed by atoms with Gasteiger partial charge in [0.15, 0.2) is 0 Å². The fourth-order valence-corrected chi connectivity index (χ4v) is 2.25. The van der Waals surface area contributed by atoms with Gasteiger partial charge < -0.3 is 10.6 Å². The van der Waals surface area contributed by atoms with Crippen LogP contribution in [0.5, 0.6) is 0 Å². The number of hydrogen-bond acceptors (Lipinski definition) is 5. The Kier molecular flexibility index (Phi) is 3.13. The van der Waals surface area contributed by atoms with Crippen molar-refractivity contribution < 1.29 is 4.79 Å². The minimum atomic E-state index is 0.367. The number of nitrogens with zero attached hydrogens (tertiary/aromatic N) is 2. The molecule has 0 spiro atoms. The first-order valence-corrected chi connectivity index (χ1v) is 6.66. The number of Topliss-reactive ketones (excluding diaryl/α,β-unsaturated/α-hetero) is 1. The summed E-state index contributed by atoms with van der Waals surface area (Å²) in [6, 6.07) is 2.92. The number of carbonyl (C=O) groups excluding carboxylic acids is 1. The molecule has 2 aliphatic rings. The average molecular weight is 246 g/mol. The highest BCUT2D eigenvalue weighted by atomic mass is 16.1. The molecule has 1 aromatic heterocycles. The van der Waals surface area contributed by atoms with Crippen molar-refractivity contribution in [2.45, 2.75) is 50.6 Å². The number of aromatic nitrogens is 2. The molecule has 18 heavy (non-hydrogen) atoms. The molecule has 0 aliphatic heterocycles. The largest absolute Gasteiger partial charge is 0.367 e. The van der Waals surface area contributed by atoms with Crippen LogP contribution < -0.4 is 10.6 Å². The van der Waals surface area contributed by atoms with E-state index >= 15 is 0 Å². The highest BCUT2D eigenvalue weighted by Gasteiger charge is 2.22. The van der Waals surface area contributed by atoms with E-state index in [1.54, 1.807) is 6.33 Å². The zero-order valence-electron chi connectivity index (χ0n) is 10.4. The molecule has 0 atom stereocenters. The summed E-state index contributed by atoms with van der Waals surface area (Å²) in [7, 11) is 0. The van der Waals surface area contributed by atoms with Crippen molar-refractivity contribution in [3.8, 4) is 0 Å². The molecule has 0 radical (unpaired) electrons. The van der Waals surface area contributed by atoms with Gasteiger partial charge in [-0.05, 0) is 25.7 Å². The predicted octanol–water partition coefficient (Wildman–Crippen LogP) is 1.97. The molecule has 0 bridgehead atoms. The summed E-state index contributed by atoms with van der Waals surface area (Å²) in [5.74, 6) is 2.13. The van der Waals surface area contributed by atoms with E-state index in [2.05, 4.69) is 20.6 Å². The third-order valence-electron chi connectivity index (χ3n) is 3.49. The second-order valence-electron chi connectivity index (χ2n) is 5.16. The second kappa shape index (κ2) is 4.92. The maximum Gasteiger partial charge on any atom is 0.133 e. The van der Waals surface area contributed by atoms with E-state index in [1.807, 2.05) is 6.07 Å². The fraction of sp³-hybridized carbons (Fsp3) is 0.615. The van der Waals surface area contributed by atoms with Crippen LogP contribution >= 0.6 is 0 Å². The molecule has 0 unspecified atom stereocenters. The highest BCUT2D eigenvalue weighted by molar-refractivity contribution is 5.79. The summed E-state index contributed by atoms with van der Waals surface area (Å²) < 4.78 is 0. The van der Waals surface area contributed by atoms with Crippen LogP contribution in [0.1, 0.15) is 38.5 Å². The SMILES string of the molecule is O=C1CCC(Nc2cc(NC3CC3)ncn2)CC1. The van der Waals surface area contributed by atoms with Crippen LogP contribution in [0.4, 0.5) is 11.6 Å². The lowest BCUT2D eigenvalue weighted by atomic mass is 9.94. The monoisotopic (exact) mass is 246 g/mol. The number of rotatable bonds is 4. The molecule has 96 valence electrons. The first-order chi connectivity index (χ1) is 8.79. The average Bonchev–Trinajstić information content (AvgIpc) is 3.17. The van der Waals surface area contributed by atoms with Gasteiger partial charge in [0.2, 0.25) is 0 Å². The van der Waals surface area contributed by atoms with E-state index in [0.717, 1.165) is 24.5 Å².